The number of aliphatic carboxylic acids is 1. The van der Waals surface area contributed by atoms with Gasteiger partial charge in [0.25, 0.3) is 5.91 Å². The van der Waals surface area contributed by atoms with Crippen molar-refractivity contribution in [1.82, 2.24) is 10.6 Å². The zero-order valence-corrected chi connectivity index (χ0v) is 23.0. The molecule has 0 spiro atoms. The standard InChI is InChI=1S/C25H36BrN3O8/c1-24(2,3)37-23(35)29-25(13-7-8-14-27,22(34)36-16-17-9-5-4-6-10-17)21(33)28-19(20(31)32)12-11-18(30)15-26/h4-6,9-10,19H,7-8,11-16,27H2,1-3H3,(H,28,33)(H,29,35)(H,31,32)/t19-,25-/m0/s1. The van der Waals surface area contributed by atoms with Gasteiger partial charge in [-0.3, -0.25) is 14.9 Å². The van der Waals surface area contributed by atoms with Crippen LogP contribution in [0.3, 0.4) is 0 Å². The maximum atomic E-state index is 13.6. The van der Waals surface area contributed by atoms with Gasteiger partial charge < -0.3 is 25.6 Å². The van der Waals surface area contributed by atoms with Gasteiger partial charge in [-0.2, -0.15) is 0 Å². The highest BCUT2D eigenvalue weighted by Gasteiger charge is 2.50. The van der Waals surface area contributed by atoms with E-state index in [0.717, 1.165) is 0 Å². The molecular formula is C25H36BrN3O8. The van der Waals surface area contributed by atoms with Crippen LogP contribution in [-0.4, -0.2) is 63.9 Å². The molecule has 0 aliphatic carbocycles. The fraction of sp³-hybridized carbons (Fsp3) is 0.560. The molecule has 5 N–H and O–H groups in total. The van der Waals surface area contributed by atoms with Gasteiger partial charge in [-0.15, -0.1) is 0 Å². The van der Waals surface area contributed by atoms with Crippen LogP contribution in [0, 0.1) is 0 Å². The average molecular weight is 586 g/mol. The number of alkyl halides is 1. The van der Waals surface area contributed by atoms with Crippen LogP contribution >= 0.6 is 15.9 Å². The molecule has 0 aliphatic heterocycles. The lowest BCUT2D eigenvalue weighted by atomic mass is 9.90. The summed E-state index contributed by atoms with van der Waals surface area (Å²) in [5.41, 5.74) is 2.98. The second-order valence-electron chi connectivity index (χ2n) is 9.42. The van der Waals surface area contributed by atoms with E-state index >= 15 is 0 Å². The normalized spacial score (nSPS) is 13.5. The Morgan fingerprint density at radius 3 is 2.27 bits per heavy atom. The summed E-state index contributed by atoms with van der Waals surface area (Å²) in [6.45, 7) is 4.90. The quantitative estimate of drug-likeness (QED) is 0.104. The predicted octanol–water partition coefficient (Wildman–Crippen LogP) is 2.44. The van der Waals surface area contributed by atoms with Gasteiger partial charge in [0.05, 0.1) is 5.33 Å². The number of carboxylic acid groups (broad SMARTS) is 1. The Bertz CT molecular complexity index is 936. The number of amides is 2. The molecule has 0 unspecified atom stereocenters. The number of carbonyl (C=O) groups excluding carboxylic acids is 4. The van der Waals surface area contributed by atoms with E-state index in [0.29, 0.717) is 12.0 Å². The minimum Gasteiger partial charge on any atom is -0.480 e. The summed E-state index contributed by atoms with van der Waals surface area (Å²) < 4.78 is 10.7. The average Bonchev–Trinajstić information content (AvgIpc) is 2.83. The number of benzene rings is 1. The van der Waals surface area contributed by atoms with Gasteiger partial charge >= 0.3 is 18.0 Å². The summed E-state index contributed by atoms with van der Waals surface area (Å²) in [5.74, 6) is -3.84. The van der Waals surface area contributed by atoms with Crippen LogP contribution in [-0.2, 0) is 35.3 Å². The van der Waals surface area contributed by atoms with E-state index in [1.807, 2.05) is 0 Å². The number of rotatable bonds is 15. The first-order chi connectivity index (χ1) is 17.3. The molecule has 37 heavy (non-hydrogen) atoms. The summed E-state index contributed by atoms with van der Waals surface area (Å²) in [4.78, 5) is 63.3. The number of hydrogen-bond donors (Lipinski definition) is 4. The van der Waals surface area contributed by atoms with Crippen molar-refractivity contribution in [2.24, 2.45) is 5.73 Å². The van der Waals surface area contributed by atoms with E-state index in [2.05, 4.69) is 26.6 Å². The maximum Gasteiger partial charge on any atom is 0.408 e. The Hall–Kier alpha value is -2.99. The van der Waals surface area contributed by atoms with E-state index in [1.165, 1.54) is 0 Å². The molecule has 0 saturated heterocycles. The molecule has 0 saturated carbocycles. The third kappa shape index (κ3) is 11.3. The highest BCUT2D eigenvalue weighted by molar-refractivity contribution is 9.09. The smallest absolute Gasteiger partial charge is 0.408 e. The van der Waals surface area contributed by atoms with Crippen LogP contribution in [0.5, 0.6) is 0 Å². The summed E-state index contributed by atoms with van der Waals surface area (Å²) in [6.07, 6.45) is -0.973. The Morgan fingerprint density at radius 2 is 1.73 bits per heavy atom. The highest BCUT2D eigenvalue weighted by Crippen LogP contribution is 2.21. The molecule has 2 amide bonds. The largest absolute Gasteiger partial charge is 0.480 e. The molecule has 11 nitrogen and oxygen atoms in total. The number of esters is 1. The Labute approximate surface area is 225 Å². The van der Waals surface area contributed by atoms with Crippen molar-refractivity contribution in [2.45, 2.75) is 76.7 Å². The molecule has 0 fully saturated rings. The summed E-state index contributed by atoms with van der Waals surface area (Å²) in [6, 6.07) is 7.21. The summed E-state index contributed by atoms with van der Waals surface area (Å²) in [7, 11) is 0. The van der Waals surface area contributed by atoms with E-state index in [-0.39, 0.29) is 49.9 Å². The number of Topliss-reactive ketones (excluding diaryl/α,β-unsaturated/α-hetero) is 1. The van der Waals surface area contributed by atoms with E-state index < -0.39 is 41.1 Å². The highest BCUT2D eigenvalue weighted by atomic mass is 79.9. The maximum absolute atomic E-state index is 13.6. The van der Waals surface area contributed by atoms with E-state index in [4.69, 9.17) is 15.2 Å². The van der Waals surface area contributed by atoms with Crippen LogP contribution in [0.15, 0.2) is 30.3 Å². The first-order valence-electron chi connectivity index (χ1n) is 11.9. The number of halogens is 1. The molecule has 1 rings (SSSR count). The number of carboxylic acids is 1. The topological polar surface area (TPSA) is 174 Å². The zero-order chi connectivity index (χ0) is 28.1. The fourth-order valence-electron chi connectivity index (χ4n) is 3.25. The minimum atomic E-state index is -2.31. The number of hydrogen-bond acceptors (Lipinski definition) is 8. The minimum absolute atomic E-state index is 0.0301. The Morgan fingerprint density at radius 1 is 1.08 bits per heavy atom. The third-order valence-electron chi connectivity index (χ3n) is 5.13. The lowest BCUT2D eigenvalue weighted by molar-refractivity contribution is -0.159. The van der Waals surface area contributed by atoms with Crippen molar-refractivity contribution in [3.05, 3.63) is 35.9 Å². The predicted molar refractivity (Wildman–Crippen MR) is 139 cm³/mol. The molecule has 1 aromatic carbocycles. The molecule has 0 aromatic heterocycles. The molecule has 0 radical (unpaired) electrons. The van der Waals surface area contributed by atoms with Crippen molar-refractivity contribution >= 4 is 45.7 Å². The first-order valence-corrected chi connectivity index (χ1v) is 13.0. The van der Waals surface area contributed by atoms with Crippen LogP contribution in [0.4, 0.5) is 4.79 Å². The molecule has 0 bridgehead atoms. The lowest BCUT2D eigenvalue weighted by Gasteiger charge is -2.33. The van der Waals surface area contributed by atoms with Crippen molar-refractivity contribution in [3.63, 3.8) is 0 Å². The van der Waals surface area contributed by atoms with E-state index in [1.54, 1.807) is 51.1 Å². The summed E-state index contributed by atoms with van der Waals surface area (Å²) >= 11 is 3.01. The summed E-state index contributed by atoms with van der Waals surface area (Å²) in [5, 5.41) is 14.3. The number of alkyl carbamates (subject to hydrolysis) is 1. The van der Waals surface area contributed by atoms with E-state index in [9.17, 15) is 29.1 Å². The number of nitrogens with one attached hydrogen (secondary N) is 2. The number of unbranched alkanes of at least 4 members (excludes halogenated alkanes) is 1. The first kappa shape index (κ1) is 32.0. The monoisotopic (exact) mass is 585 g/mol. The van der Waals surface area contributed by atoms with Crippen LogP contribution < -0.4 is 16.4 Å². The Balaban J connectivity index is 3.35. The van der Waals surface area contributed by atoms with Gasteiger partial charge in [-0.05, 0) is 58.6 Å². The second-order valence-corrected chi connectivity index (χ2v) is 9.98. The number of ketones is 1. The van der Waals surface area contributed by atoms with Gasteiger partial charge in [-0.1, -0.05) is 46.3 Å². The van der Waals surface area contributed by atoms with Crippen molar-refractivity contribution in [1.29, 1.82) is 0 Å². The van der Waals surface area contributed by atoms with Gasteiger partial charge in [0, 0.05) is 6.42 Å². The number of carbonyl (C=O) groups is 5. The van der Waals surface area contributed by atoms with Crippen LogP contribution in [0.1, 0.15) is 58.4 Å². The number of nitrogens with two attached hydrogens (primary N) is 1. The number of ether oxygens (including phenoxy) is 2. The molecule has 206 valence electrons. The lowest BCUT2D eigenvalue weighted by Crippen LogP contribution is -2.66. The van der Waals surface area contributed by atoms with Gasteiger partial charge in [0.1, 0.15) is 24.0 Å². The van der Waals surface area contributed by atoms with Crippen molar-refractivity contribution in [3.8, 4) is 0 Å². The molecular weight excluding hydrogens is 550 g/mol. The molecule has 12 heteroatoms. The van der Waals surface area contributed by atoms with Gasteiger partial charge in [0.15, 0.2) is 0 Å². The van der Waals surface area contributed by atoms with Crippen LogP contribution in [0.25, 0.3) is 0 Å². The molecule has 0 aliphatic rings. The zero-order valence-electron chi connectivity index (χ0n) is 21.4. The van der Waals surface area contributed by atoms with Gasteiger partial charge in [0.2, 0.25) is 5.54 Å². The SMILES string of the molecule is CC(C)(C)OC(=O)N[C@@](CCCCN)(C(=O)N[C@@H](CCC(=O)CBr)C(=O)O)C(=O)OCc1ccccc1. The Kier molecular flexibility index (Phi) is 13.3. The third-order valence-corrected chi connectivity index (χ3v) is 5.76. The second kappa shape index (κ2) is 15.3. The van der Waals surface area contributed by atoms with Gasteiger partial charge in [-0.25, -0.2) is 14.4 Å². The van der Waals surface area contributed by atoms with Crippen molar-refractivity contribution < 1.29 is 38.6 Å². The van der Waals surface area contributed by atoms with Crippen LogP contribution in [0.2, 0.25) is 0 Å². The molecule has 1 aromatic rings. The fourth-order valence-corrected chi connectivity index (χ4v) is 3.53. The molecule has 2 atom stereocenters. The van der Waals surface area contributed by atoms with Crippen molar-refractivity contribution in [2.75, 3.05) is 11.9 Å². The molecule has 0 heterocycles.